The zero-order chi connectivity index (χ0) is 24.3. The molecule has 7 nitrogen and oxygen atoms in total. The number of esters is 2. The lowest BCUT2D eigenvalue weighted by Gasteiger charge is -2.39. The third-order valence-electron chi connectivity index (χ3n) is 6.09. The number of amides is 1. The van der Waals surface area contributed by atoms with E-state index in [0.29, 0.717) is 30.0 Å². The molecule has 1 amide bonds. The SMILES string of the molecule is CCOC(=O)CN(C(=O)C1(C)CCc2c(C)c(OC(C)=O)c(C)c(C)c2O1)c1ccccc1. The first-order valence-electron chi connectivity index (χ1n) is 11.1. The summed E-state index contributed by atoms with van der Waals surface area (Å²) < 4.78 is 17.0. The highest BCUT2D eigenvalue weighted by molar-refractivity contribution is 6.02. The lowest BCUT2D eigenvalue weighted by Crippen LogP contribution is -2.54. The fourth-order valence-corrected chi connectivity index (χ4v) is 4.19. The Balaban J connectivity index is 1.99. The van der Waals surface area contributed by atoms with Crippen molar-refractivity contribution in [2.24, 2.45) is 0 Å². The van der Waals surface area contributed by atoms with Gasteiger partial charge in [-0.3, -0.25) is 19.3 Å². The molecule has 0 aromatic heterocycles. The van der Waals surface area contributed by atoms with Gasteiger partial charge in [-0.25, -0.2) is 0 Å². The Labute approximate surface area is 194 Å². The van der Waals surface area contributed by atoms with Crippen LogP contribution in [0.3, 0.4) is 0 Å². The molecule has 2 aromatic carbocycles. The standard InChI is InChI=1S/C26H31NO6/c1-7-31-22(29)15-27(20-11-9-8-10-12-20)25(30)26(6)14-13-21-18(4)23(32-19(5)28)16(2)17(3)24(21)33-26/h8-12H,7,13-15H2,1-6H3. The van der Waals surface area contributed by atoms with Gasteiger partial charge in [0.05, 0.1) is 6.61 Å². The van der Waals surface area contributed by atoms with E-state index in [9.17, 15) is 14.4 Å². The van der Waals surface area contributed by atoms with Crippen molar-refractivity contribution in [2.45, 2.75) is 60.0 Å². The molecule has 1 atom stereocenters. The molecule has 1 heterocycles. The zero-order valence-corrected chi connectivity index (χ0v) is 20.1. The second-order valence-corrected chi connectivity index (χ2v) is 8.47. The summed E-state index contributed by atoms with van der Waals surface area (Å²) in [5.74, 6) is 0.00184. The molecule has 0 fully saturated rings. The molecular weight excluding hydrogens is 422 g/mol. The number of para-hydroxylation sites is 1. The number of benzene rings is 2. The molecule has 0 aliphatic carbocycles. The van der Waals surface area contributed by atoms with Crippen LogP contribution in [0, 0.1) is 20.8 Å². The molecule has 2 aromatic rings. The minimum absolute atomic E-state index is 0.203. The van der Waals surface area contributed by atoms with Gasteiger partial charge in [-0.2, -0.15) is 0 Å². The van der Waals surface area contributed by atoms with Gasteiger partial charge in [-0.15, -0.1) is 0 Å². The maximum absolute atomic E-state index is 13.8. The van der Waals surface area contributed by atoms with Gasteiger partial charge in [0.2, 0.25) is 0 Å². The molecule has 7 heteroatoms. The number of ether oxygens (including phenoxy) is 3. The summed E-state index contributed by atoms with van der Waals surface area (Å²) in [7, 11) is 0. The third kappa shape index (κ3) is 4.87. The Bertz CT molecular complexity index is 1080. The quantitative estimate of drug-likeness (QED) is 0.481. The van der Waals surface area contributed by atoms with Crippen molar-refractivity contribution in [3.8, 4) is 11.5 Å². The zero-order valence-electron chi connectivity index (χ0n) is 20.1. The van der Waals surface area contributed by atoms with E-state index < -0.39 is 11.6 Å². The van der Waals surface area contributed by atoms with Crippen LogP contribution in [0.15, 0.2) is 30.3 Å². The molecule has 3 rings (SSSR count). The number of rotatable bonds is 6. The molecule has 176 valence electrons. The van der Waals surface area contributed by atoms with Gasteiger partial charge in [0, 0.05) is 24.6 Å². The van der Waals surface area contributed by atoms with Crippen LogP contribution in [0.25, 0.3) is 0 Å². The first-order chi connectivity index (χ1) is 15.6. The maximum Gasteiger partial charge on any atom is 0.326 e. The Morgan fingerprint density at radius 2 is 1.73 bits per heavy atom. The predicted octanol–water partition coefficient (Wildman–Crippen LogP) is 4.22. The minimum Gasteiger partial charge on any atom is -0.477 e. The third-order valence-corrected chi connectivity index (χ3v) is 6.09. The molecule has 1 unspecified atom stereocenters. The average Bonchev–Trinajstić information content (AvgIpc) is 2.79. The summed E-state index contributed by atoms with van der Waals surface area (Å²) in [5.41, 5.74) is 2.80. The van der Waals surface area contributed by atoms with E-state index in [1.165, 1.54) is 11.8 Å². The molecule has 33 heavy (non-hydrogen) atoms. The van der Waals surface area contributed by atoms with Gasteiger partial charge < -0.3 is 14.2 Å². The van der Waals surface area contributed by atoms with Crippen molar-refractivity contribution in [1.29, 1.82) is 0 Å². The van der Waals surface area contributed by atoms with E-state index in [1.807, 2.05) is 39.0 Å². The van der Waals surface area contributed by atoms with Gasteiger partial charge >= 0.3 is 11.9 Å². The smallest absolute Gasteiger partial charge is 0.326 e. The molecule has 0 N–H and O–H groups in total. The molecular formula is C26H31NO6. The van der Waals surface area contributed by atoms with E-state index in [-0.39, 0.29) is 25.0 Å². The molecule has 0 spiro atoms. The number of hydrogen-bond donors (Lipinski definition) is 0. The maximum atomic E-state index is 13.8. The van der Waals surface area contributed by atoms with Gasteiger partial charge in [-0.05, 0) is 69.9 Å². The summed E-state index contributed by atoms with van der Waals surface area (Å²) in [6, 6.07) is 9.03. The van der Waals surface area contributed by atoms with Crippen molar-refractivity contribution >= 4 is 23.5 Å². The predicted molar refractivity (Wildman–Crippen MR) is 125 cm³/mol. The molecule has 0 radical (unpaired) electrons. The van der Waals surface area contributed by atoms with Crippen LogP contribution in [0.2, 0.25) is 0 Å². The van der Waals surface area contributed by atoms with E-state index >= 15 is 0 Å². The van der Waals surface area contributed by atoms with Crippen molar-refractivity contribution in [3.05, 3.63) is 52.6 Å². The average molecular weight is 454 g/mol. The summed E-state index contributed by atoms with van der Waals surface area (Å²) in [6.07, 6.45) is 0.981. The van der Waals surface area contributed by atoms with Gasteiger partial charge in [0.15, 0.2) is 5.60 Å². The summed E-state index contributed by atoms with van der Waals surface area (Å²) in [4.78, 5) is 39.1. The second-order valence-electron chi connectivity index (χ2n) is 8.47. The summed E-state index contributed by atoms with van der Waals surface area (Å²) >= 11 is 0. The summed E-state index contributed by atoms with van der Waals surface area (Å²) in [5, 5.41) is 0. The summed E-state index contributed by atoms with van der Waals surface area (Å²) in [6.45, 7) is 10.6. The molecule has 1 aliphatic heterocycles. The van der Waals surface area contributed by atoms with Gasteiger partial charge in [0.25, 0.3) is 5.91 Å². The highest BCUT2D eigenvalue weighted by atomic mass is 16.5. The van der Waals surface area contributed by atoms with Crippen molar-refractivity contribution < 1.29 is 28.6 Å². The van der Waals surface area contributed by atoms with Crippen molar-refractivity contribution in [2.75, 3.05) is 18.1 Å². The fourth-order valence-electron chi connectivity index (χ4n) is 4.19. The Kier molecular flexibility index (Phi) is 7.10. The highest BCUT2D eigenvalue weighted by Gasteiger charge is 2.44. The lowest BCUT2D eigenvalue weighted by atomic mass is 9.86. The number of carbonyl (C=O) groups is 3. The fraction of sp³-hybridized carbons (Fsp3) is 0.423. The molecule has 0 bridgehead atoms. The number of fused-ring (bicyclic) bond motifs is 1. The number of anilines is 1. The van der Waals surface area contributed by atoms with Crippen molar-refractivity contribution in [3.63, 3.8) is 0 Å². The largest absolute Gasteiger partial charge is 0.477 e. The van der Waals surface area contributed by atoms with Crippen molar-refractivity contribution in [1.82, 2.24) is 0 Å². The van der Waals surface area contributed by atoms with E-state index in [0.717, 1.165) is 22.3 Å². The monoisotopic (exact) mass is 453 g/mol. The normalized spacial score (nSPS) is 16.9. The Hall–Kier alpha value is -3.35. The van der Waals surface area contributed by atoms with Crippen LogP contribution in [-0.4, -0.2) is 36.6 Å². The highest BCUT2D eigenvalue weighted by Crippen LogP contribution is 2.44. The second kappa shape index (κ2) is 9.65. The molecule has 0 saturated heterocycles. The number of carbonyl (C=O) groups excluding carboxylic acids is 3. The van der Waals surface area contributed by atoms with Gasteiger partial charge in [-0.1, -0.05) is 18.2 Å². The Morgan fingerprint density at radius 3 is 2.33 bits per heavy atom. The lowest BCUT2D eigenvalue weighted by molar-refractivity contribution is -0.144. The van der Waals surface area contributed by atoms with Gasteiger partial charge in [0.1, 0.15) is 18.0 Å². The Morgan fingerprint density at radius 1 is 1.06 bits per heavy atom. The van der Waals surface area contributed by atoms with Crippen LogP contribution in [0.4, 0.5) is 5.69 Å². The van der Waals surface area contributed by atoms with E-state index in [4.69, 9.17) is 14.2 Å². The van der Waals surface area contributed by atoms with Crippen LogP contribution in [-0.2, 0) is 25.5 Å². The van der Waals surface area contributed by atoms with Crippen LogP contribution in [0.1, 0.15) is 49.4 Å². The van der Waals surface area contributed by atoms with Crippen LogP contribution in [0.5, 0.6) is 11.5 Å². The topological polar surface area (TPSA) is 82.1 Å². The minimum atomic E-state index is -1.18. The van der Waals surface area contributed by atoms with E-state index in [1.54, 1.807) is 26.0 Å². The first-order valence-corrected chi connectivity index (χ1v) is 11.1. The van der Waals surface area contributed by atoms with E-state index in [2.05, 4.69) is 0 Å². The first kappa shape index (κ1) is 24.3. The molecule has 1 aliphatic rings. The molecule has 0 saturated carbocycles. The van der Waals surface area contributed by atoms with Crippen LogP contribution < -0.4 is 14.4 Å². The van der Waals surface area contributed by atoms with Crippen LogP contribution >= 0.6 is 0 Å². The number of nitrogens with zero attached hydrogens (tertiary/aromatic N) is 1. The number of hydrogen-bond acceptors (Lipinski definition) is 6.